The van der Waals surface area contributed by atoms with Gasteiger partial charge in [0.15, 0.2) is 5.78 Å². The maximum atomic E-state index is 12.9. The van der Waals surface area contributed by atoms with Crippen LogP contribution >= 0.6 is 11.3 Å². The second kappa shape index (κ2) is 6.71. The number of hydrogen-bond acceptors (Lipinski definition) is 4. The number of Topliss-reactive ketones (excluding diaryl/α,β-unsaturated/α-hetero) is 1. The summed E-state index contributed by atoms with van der Waals surface area (Å²) >= 11 is 1.47. The van der Waals surface area contributed by atoms with Crippen molar-refractivity contribution >= 4 is 17.1 Å². The molecular formula is C19H20N2O2S. The first-order valence-corrected chi connectivity index (χ1v) is 8.69. The zero-order valence-corrected chi connectivity index (χ0v) is 14.5. The summed E-state index contributed by atoms with van der Waals surface area (Å²) in [6.45, 7) is 4.04. The molecule has 0 radical (unpaired) electrons. The molecule has 2 heterocycles. The van der Waals surface area contributed by atoms with Crippen molar-refractivity contribution in [3.05, 3.63) is 76.5 Å². The summed E-state index contributed by atoms with van der Waals surface area (Å²) in [5.41, 5.74) is 0.381. The normalized spacial score (nSPS) is 13.0. The number of ketones is 1. The van der Waals surface area contributed by atoms with Crippen LogP contribution in [0.15, 0.2) is 60.2 Å². The van der Waals surface area contributed by atoms with Gasteiger partial charge in [0.25, 0.3) is 0 Å². The van der Waals surface area contributed by atoms with E-state index in [0.29, 0.717) is 5.82 Å². The molecule has 1 N–H and O–H groups in total. The van der Waals surface area contributed by atoms with Crippen molar-refractivity contribution in [2.45, 2.75) is 31.9 Å². The van der Waals surface area contributed by atoms with Crippen LogP contribution in [0, 0.1) is 0 Å². The van der Waals surface area contributed by atoms with E-state index in [-0.39, 0.29) is 12.3 Å². The fourth-order valence-corrected chi connectivity index (χ4v) is 3.35. The third kappa shape index (κ3) is 3.18. The lowest BCUT2D eigenvalue weighted by atomic mass is 9.80. The van der Waals surface area contributed by atoms with E-state index in [1.807, 2.05) is 61.7 Å². The third-order valence-corrected chi connectivity index (χ3v) is 5.24. The van der Waals surface area contributed by atoms with Gasteiger partial charge in [-0.2, -0.15) is 0 Å². The van der Waals surface area contributed by atoms with Crippen LogP contribution in [0.3, 0.4) is 0 Å². The number of aliphatic hydroxyl groups is 1. The number of benzene rings is 1. The molecule has 0 aliphatic carbocycles. The third-order valence-electron chi connectivity index (χ3n) is 4.31. The van der Waals surface area contributed by atoms with Gasteiger partial charge in [-0.25, -0.2) is 4.98 Å². The van der Waals surface area contributed by atoms with Crippen molar-refractivity contribution < 1.29 is 9.90 Å². The largest absolute Gasteiger partial charge is 0.380 e. The van der Waals surface area contributed by atoms with Crippen molar-refractivity contribution in [1.82, 2.24) is 9.55 Å². The fourth-order valence-electron chi connectivity index (χ4n) is 2.64. The van der Waals surface area contributed by atoms with Gasteiger partial charge in [-0.15, -0.1) is 11.3 Å². The molecule has 0 fully saturated rings. The van der Waals surface area contributed by atoms with Gasteiger partial charge in [-0.1, -0.05) is 36.4 Å². The van der Waals surface area contributed by atoms with Gasteiger partial charge < -0.3 is 9.67 Å². The van der Waals surface area contributed by atoms with E-state index in [1.165, 1.54) is 11.3 Å². The number of thiophene rings is 1. The molecule has 2 aromatic heterocycles. The number of rotatable bonds is 6. The number of aromatic nitrogens is 2. The number of hydrogen-bond donors (Lipinski definition) is 1. The molecular weight excluding hydrogens is 320 g/mol. The van der Waals surface area contributed by atoms with Crippen LogP contribution in [0.1, 0.15) is 36.2 Å². The lowest BCUT2D eigenvalue weighted by Gasteiger charge is -2.24. The van der Waals surface area contributed by atoms with Gasteiger partial charge in [-0.05, 0) is 30.9 Å². The Labute approximate surface area is 145 Å². The van der Waals surface area contributed by atoms with E-state index >= 15 is 0 Å². The molecule has 0 saturated carbocycles. The first-order chi connectivity index (χ1) is 11.5. The van der Waals surface area contributed by atoms with Crippen LogP contribution in [-0.2, 0) is 16.8 Å². The van der Waals surface area contributed by atoms with Crippen molar-refractivity contribution in [2.24, 2.45) is 0 Å². The van der Waals surface area contributed by atoms with Crippen LogP contribution in [0.2, 0.25) is 0 Å². The first-order valence-electron chi connectivity index (χ1n) is 7.81. The Balaban J connectivity index is 1.82. The van der Waals surface area contributed by atoms with Gasteiger partial charge in [0, 0.05) is 17.3 Å². The minimum Gasteiger partial charge on any atom is -0.380 e. The van der Waals surface area contributed by atoms with Crippen LogP contribution in [0.5, 0.6) is 0 Å². The minimum absolute atomic E-state index is 0.0753. The number of carbonyl (C=O) groups excluding carboxylic acids is 1. The van der Waals surface area contributed by atoms with E-state index < -0.39 is 11.5 Å². The Morgan fingerprint density at radius 3 is 2.67 bits per heavy atom. The van der Waals surface area contributed by atoms with Crippen molar-refractivity contribution in [1.29, 1.82) is 0 Å². The summed E-state index contributed by atoms with van der Waals surface area (Å²) in [5.74, 6) is 0.570. The predicted octanol–water partition coefficient (Wildman–Crippen LogP) is 3.57. The Bertz CT molecular complexity index is 807. The Hall–Kier alpha value is -2.24. The highest BCUT2D eigenvalue weighted by molar-refractivity contribution is 7.10. The molecule has 0 amide bonds. The summed E-state index contributed by atoms with van der Waals surface area (Å²) in [5, 5.41) is 12.4. The second-order valence-corrected chi connectivity index (χ2v) is 7.22. The van der Waals surface area contributed by atoms with E-state index in [2.05, 4.69) is 4.98 Å². The molecule has 5 heteroatoms. The fraction of sp³-hybridized carbons (Fsp3) is 0.263. The number of carbonyl (C=O) groups is 1. The summed E-state index contributed by atoms with van der Waals surface area (Å²) in [6.07, 6.45) is 2.55. The molecule has 0 bridgehead atoms. The summed E-state index contributed by atoms with van der Waals surface area (Å²) in [6, 6.07) is 13.5. The molecule has 1 unspecified atom stereocenters. The van der Waals surface area contributed by atoms with Crippen LogP contribution in [-0.4, -0.2) is 20.4 Å². The van der Waals surface area contributed by atoms with Crippen molar-refractivity contribution in [3.63, 3.8) is 0 Å². The quantitative estimate of drug-likeness (QED) is 0.746. The van der Waals surface area contributed by atoms with Gasteiger partial charge in [-0.3, -0.25) is 4.79 Å². The standard InChI is InChI=1S/C19H20N2O2S/c1-19(2,14-7-4-3-5-8-14)16(22)13-21-11-10-20-18(21)17(23)15-9-6-12-24-15/h3-12,17,23H,13H2,1-2H3. The molecule has 1 aromatic carbocycles. The maximum Gasteiger partial charge on any atom is 0.162 e. The molecule has 0 aliphatic heterocycles. The van der Waals surface area contributed by atoms with E-state index in [9.17, 15) is 9.90 Å². The lowest BCUT2D eigenvalue weighted by Crippen LogP contribution is -2.32. The van der Waals surface area contributed by atoms with E-state index in [0.717, 1.165) is 10.4 Å². The Morgan fingerprint density at radius 2 is 2.00 bits per heavy atom. The minimum atomic E-state index is -0.812. The molecule has 124 valence electrons. The lowest BCUT2D eigenvalue weighted by molar-refractivity contribution is -0.124. The van der Waals surface area contributed by atoms with Gasteiger partial charge in [0.2, 0.25) is 0 Å². The second-order valence-electron chi connectivity index (χ2n) is 6.25. The van der Waals surface area contributed by atoms with E-state index in [1.54, 1.807) is 17.0 Å². The van der Waals surface area contributed by atoms with Gasteiger partial charge >= 0.3 is 0 Å². The molecule has 3 aromatic rings. The highest BCUT2D eigenvalue weighted by atomic mass is 32.1. The predicted molar refractivity (Wildman–Crippen MR) is 95.1 cm³/mol. The Kier molecular flexibility index (Phi) is 4.64. The van der Waals surface area contributed by atoms with Crippen LogP contribution in [0.25, 0.3) is 0 Å². The highest BCUT2D eigenvalue weighted by Gasteiger charge is 2.30. The number of aliphatic hydroxyl groups excluding tert-OH is 1. The first kappa shape index (κ1) is 16.6. The topological polar surface area (TPSA) is 55.1 Å². The molecule has 24 heavy (non-hydrogen) atoms. The highest BCUT2D eigenvalue weighted by Crippen LogP contribution is 2.27. The number of imidazole rings is 1. The molecule has 1 atom stereocenters. The smallest absolute Gasteiger partial charge is 0.162 e. The molecule has 0 aliphatic rings. The monoisotopic (exact) mass is 340 g/mol. The zero-order valence-electron chi connectivity index (χ0n) is 13.7. The van der Waals surface area contributed by atoms with Gasteiger partial charge in [0.1, 0.15) is 11.9 Å². The average molecular weight is 340 g/mol. The van der Waals surface area contributed by atoms with Crippen molar-refractivity contribution in [3.8, 4) is 0 Å². The summed E-state index contributed by atoms with van der Waals surface area (Å²) < 4.78 is 1.73. The average Bonchev–Trinajstić information content (AvgIpc) is 3.27. The molecule has 4 nitrogen and oxygen atoms in total. The van der Waals surface area contributed by atoms with Crippen molar-refractivity contribution in [2.75, 3.05) is 0 Å². The zero-order chi connectivity index (χ0) is 17.2. The Morgan fingerprint density at radius 1 is 1.25 bits per heavy atom. The molecule has 0 saturated heterocycles. The number of nitrogens with zero attached hydrogens (tertiary/aromatic N) is 2. The maximum absolute atomic E-state index is 12.9. The summed E-state index contributed by atoms with van der Waals surface area (Å²) in [4.78, 5) is 17.9. The SMILES string of the molecule is CC(C)(C(=O)Cn1ccnc1C(O)c1cccs1)c1ccccc1. The van der Waals surface area contributed by atoms with Gasteiger partial charge in [0.05, 0.1) is 12.0 Å². The molecule has 3 rings (SSSR count). The summed E-state index contributed by atoms with van der Waals surface area (Å²) in [7, 11) is 0. The van der Waals surface area contributed by atoms with Crippen LogP contribution in [0.4, 0.5) is 0 Å². The van der Waals surface area contributed by atoms with Crippen LogP contribution < -0.4 is 0 Å². The molecule has 0 spiro atoms. The van der Waals surface area contributed by atoms with E-state index in [4.69, 9.17) is 0 Å².